The lowest BCUT2D eigenvalue weighted by molar-refractivity contribution is -0.175. The van der Waals surface area contributed by atoms with Crippen molar-refractivity contribution >= 4 is 35.6 Å². The van der Waals surface area contributed by atoms with Crippen molar-refractivity contribution in [2.75, 3.05) is 6.61 Å². The first kappa shape index (κ1) is 28.3. The van der Waals surface area contributed by atoms with Crippen LogP contribution in [0.15, 0.2) is 71.9 Å². The molecule has 10 nitrogen and oxygen atoms in total. The van der Waals surface area contributed by atoms with Gasteiger partial charge in [0, 0.05) is 12.5 Å². The van der Waals surface area contributed by atoms with Crippen LogP contribution in [0.2, 0.25) is 0 Å². The summed E-state index contributed by atoms with van der Waals surface area (Å²) in [6, 6.07) is 18.3. The molecular weight excluding hydrogens is 522 g/mol. The van der Waals surface area contributed by atoms with Gasteiger partial charge in [-0.3, -0.25) is 25.1 Å². The third kappa shape index (κ3) is 6.16. The van der Waals surface area contributed by atoms with Crippen LogP contribution in [0.4, 0.5) is 0 Å². The number of nitrogens with two attached hydrogens (primary N) is 1. The Labute approximate surface area is 230 Å². The van der Waals surface area contributed by atoms with Crippen LogP contribution in [0.25, 0.3) is 0 Å². The van der Waals surface area contributed by atoms with E-state index >= 15 is 0 Å². The highest BCUT2D eigenvalue weighted by molar-refractivity contribution is 8.00. The van der Waals surface area contributed by atoms with Crippen LogP contribution in [-0.2, 0) is 33.4 Å². The van der Waals surface area contributed by atoms with Crippen LogP contribution >= 0.6 is 11.8 Å². The van der Waals surface area contributed by atoms with Gasteiger partial charge in [0.1, 0.15) is 23.3 Å². The van der Waals surface area contributed by atoms with E-state index < -0.39 is 52.2 Å². The van der Waals surface area contributed by atoms with Gasteiger partial charge in [-0.05, 0) is 31.9 Å². The number of hydrogen-bond acceptors (Lipinski definition) is 10. The molecule has 0 saturated carbocycles. The third-order valence-corrected chi connectivity index (χ3v) is 7.50. The number of rotatable bonds is 8. The van der Waals surface area contributed by atoms with E-state index in [1.54, 1.807) is 20.8 Å². The first-order valence-corrected chi connectivity index (χ1v) is 13.3. The molecule has 0 bridgehead atoms. The number of hydrogen-bond donors (Lipinski definition) is 2. The molecule has 1 unspecified atom stereocenters. The SMILES string of the molecule is CC(=O)OCC1=C(C(=O)OC(c2ccccc2)c2ccccc2)N2C(=O)[C@@H](C(=O)OC(C)(C)C)[C@H]2SC1NN. The molecule has 3 atom stereocenters. The van der Waals surface area contributed by atoms with E-state index in [-0.39, 0.29) is 17.9 Å². The fourth-order valence-electron chi connectivity index (χ4n) is 4.36. The van der Waals surface area contributed by atoms with Gasteiger partial charge in [0.25, 0.3) is 0 Å². The zero-order valence-electron chi connectivity index (χ0n) is 22.1. The Morgan fingerprint density at radius 3 is 2.08 bits per heavy atom. The number of β-lactam (4-membered cyclic amide) rings is 1. The van der Waals surface area contributed by atoms with Crippen molar-refractivity contribution in [3.05, 3.63) is 83.1 Å². The molecule has 11 heteroatoms. The molecule has 2 aromatic rings. The first-order chi connectivity index (χ1) is 18.5. The van der Waals surface area contributed by atoms with Gasteiger partial charge in [0.05, 0.1) is 5.37 Å². The number of thioether (sulfide) groups is 1. The summed E-state index contributed by atoms with van der Waals surface area (Å²) >= 11 is 1.15. The smallest absolute Gasteiger partial charge is 0.356 e. The summed E-state index contributed by atoms with van der Waals surface area (Å²) in [7, 11) is 0. The fourth-order valence-corrected chi connectivity index (χ4v) is 5.78. The number of fused-ring (bicyclic) bond motifs is 1. The number of benzene rings is 2. The zero-order chi connectivity index (χ0) is 28.3. The molecule has 0 radical (unpaired) electrons. The summed E-state index contributed by atoms with van der Waals surface area (Å²) in [5.41, 5.74) is 3.36. The standard InChI is InChI=1S/C28H31N3O7S/c1-16(32)36-15-19-21(27(35)37-22(17-11-7-5-8-12-17)18-13-9-6-10-14-18)31-24(33)20(25(31)39-23(19)30-29)26(34)38-28(2,3)4/h5-14,20,22-23,25,30H,15,29H2,1-4H3/t20-,23?,25-/m1/s1. The second-order valence-corrected chi connectivity index (χ2v) is 11.3. The lowest BCUT2D eigenvalue weighted by Crippen LogP contribution is -2.66. The Hall–Kier alpha value is -3.67. The maximum Gasteiger partial charge on any atom is 0.356 e. The number of esters is 3. The first-order valence-electron chi connectivity index (χ1n) is 12.4. The summed E-state index contributed by atoms with van der Waals surface area (Å²) in [4.78, 5) is 53.0. The molecule has 2 aromatic carbocycles. The molecule has 0 aliphatic carbocycles. The second kappa shape index (κ2) is 11.6. The minimum atomic E-state index is -1.14. The van der Waals surface area contributed by atoms with E-state index in [0.717, 1.165) is 22.9 Å². The number of nitrogens with zero attached hydrogens (tertiary/aromatic N) is 1. The minimum absolute atomic E-state index is 0.121. The summed E-state index contributed by atoms with van der Waals surface area (Å²) in [5.74, 6) is 1.98. The minimum Gasteiger partial charge on any atom is -0.461 e. The van der Waals surface area contributed by atoms with Gasteiger partial charge in [-0.1, -0.05) is 60.7 Å². The van der Waals surface area contributed by atoms with Crippen LogP contribution in [0.3, 0.4) is 0 Å². The van der Waals surface area contributed by atoms with Crippen LogP contribution in [0, 0.1) is 5.92 Å². The number of ether oxygens (including phenoxy) is 3. The molecule has 1 saturated heterocycles. The van der Waals surface area contributed by atoms with E-state index in [4.69, 9.17) is 20.1 Å². The number of hydrazine groups is 1. The van der Waals surface area contributed by atoms with E-state index in [2.05, 4.69) is 5.43 Å². The molecule has 206 valence electrons. The molecule has 0 spiro atoms. The van der Waals surface area contributed by atoms with Gasteiger partial charge in [0.2, 0.25) is 5.91 Å². The van der Waals surface area contributed by atoms with Crippen LogP contribution in [-0.4, -0.2) is 51.7 Å². The van der Waals surface area contributed by atoms with Crippen molar-refractivity contribution in [2.24, 2.45) is 11.8 Å². The van der Waals surface area contributed by atoms with E-state index in [1.165, 1.54) is 11.8 Å². The predicted molar refractivity (Wildman–Crippen MR) is 143 cm³/mol. The van der Waals surface area contributed by atoms with E-state index in [0.29, 0.717) is 0 Å². The molecule has 39 heavy (non-hydrogen) atoms. The normalized spacial score (nSPS) is 20.7. The van der Waals surface area contributed by atoms with Crippen LogP contribution < -0.4 is 11.3 Å². The molecule has 2 aliphatic heterocycles. The second-order valence-electron chi connectivity index (χ2n) is 10.1. The summed E-state index contributed by atoms with van der Waals surface area (Å²) in [6.07, 6.45) is -0.794. The van der Waals surface area contributed by atoms with Crippen molar-refractivity contribution in [1.82, 2.24) is 10.3 Å². The van der Waals surface area contributed by atoms with Crippen molar-refractivity contribution in [3.63, 3.8) is 0 Å². The van der Waals surface area contributed by atoms with Crippen molar-refractivity contribution < 1.29 is 33.4 Å². The zero-order valence-corrected chi connectivity index (χ0v) is 22.9. The van der Waals surface area contributed by atoms with Crippen molar-refractivity contribution in [1.29, 1.82) is 0 Å². The monoisotopic (exact) mass is 553 g/mol. The topological polar surface area (TPSA) is 137 Å². The van der Waals surface area contributed by atoms with Crippen LogP contribution in [0.1, 0.15) is 44.9 Å². The quantitative estimate of drug-likeness (QED) is 0.125. The highest BCUT2D eigenvalue weighted by Crippen LogP contribution is 2.47. The van der Waals surface area contributed by atoms with Crippen molar-refractivity contribution in [2.45, 2.75) is 50.1 Å². The molecule has 2 heterocycles. The Balaban J connectivity index is 1.73. The number of nitrogens with one attached hydrogen (secondary N) is 1. The maximum absolute atomic E-state index is 13.9. The van der Waals surface area contributed by atoms with E-state index in [9.17, 15) is 19.2 Å². The van der Waals surface area contributed by atoms with Gasteiger partial charge >= 0.3 is 17.9 Å². The van der Waals surface area contributed by atoms with Gasteiger partial charge in [-0.25, -0.2) is 10.2 Å². The van der Waals surface area contributed by atoms with Gasteiger partial charge in [0.15, 0.2) is 12.0 Å². The number of amides is 1. The summed E-state index contributed by atoms with van der Waals surface area (Å²) in [6.45, 7) is 6.04. The van der Waals surface area contributed by atoms with Gasteiger partial charge in [-0.2, -0.15) is 0 Å². The summed E-state index contributed by atoms with van der Waals surface area (Å²) in [5, 5.41) is -1.53. The highest BCUT2D eigenvalue weighted by Gasteiger charge is 2.60. The maximum atomic E-state index is 13.9. The molecular formula is C28H31N3O7S. The number of carbonyl (C=O) groups is 4. The Kier molecular flexibility index (Phi) is 8.43. The molecule has 3 N–H and O–H groups in total. The highest BCUT2D eigenvalue weighted by atomic mass is 32.2. The average Bonchev–Trinajstić information content (AvgIpc) is 2.89. The third-order valence-electron chi connectivity index (χ3n) is 6.05. The molecule has 2 aliphatic rings. The Morgan fingerprint density at radius 2 is 1.59 bits per heavy atom. The average molecular weight is 554 g/mol. The predicted octanol–water partition coefficient (Wildman–Crippen LogP) is 2.80. The summed E-state index contributed by atoms with van der Waals surface area (Å²) < 4.78 is 16.7. The fraction of sp³-hybridized carbons (Fsp3) is 0.357. The van der Waals surface area contributed by atoms with Crippen molar-refractivity contribution in [3.8, 4) is 0 Å². The molecule has 1 amide bonds. The Morgan fingerprint density at radius 1 is 1.03 bits per heavy atom. The van der Waals surface area contributed by atoms with Gasteiger partial charge < -0.3 is 14.2 Å². The Bertz CT molecular complexity index is 1240. The molecule has 4 rings (SSSR count). The molecule has 1 fully saturated rings. The lowest BCUT2D eigenvalue weighted by Gasteiger charge is -2.50. The molecule has 0 aromatic heterocycles. The largest absolute Gasteiger partial charge is 0.461 e. The lowest BCUT2D eigenvalue weighted by atomic mass is 9.94. The van der Waals surface area contributed by atoms with Crippen LogP contribution in [0.5, 0.6) is 0 Å². The van der Waals surface area contributed by atoms with E-state index in [1.807, 2.05) is 60.7 Å². The number of carbonyl (C=O) groups excluding carboxylic acids is 4. The van der Waals surface area contributed by atoms with Gasteiger partial charge in [-0.15, -0.1) is 11.8 Å².